The van der Waals surface area contributed by atoms with E-state index in [9.17, 15) is 18.0 Å². The first kappa shape index (κ1) is 15.6. The van der Waals surface area contributed by atoms with Crippen molar-refractivity contribution in [3.05, 3.63) is 16.3 Å². The standard InChI is InChI=1S/C10H14N2O5S2/c1-12(2)9(13)3-4-11-19(16,17)7-5-8(10(14)15)18-6-7/h5-6,11H,3-4H2,1-2H3,(H,14,15). The molecule has 19 heavy (non-hydrogen) atoms. The number of carboxylic acids is 1. The zero-order valence-corrected chi connectivity index (χ0v) is 12.0. The smallest absolute Gasteiger partial charge is 0.345 e. The van der Waals surface area contributed by atoms with Gasteiger partial charge in [-0.2, -0.15) is 0 Å². The summed E-state index contributed by atoms with van der Waals surface area (Å²) in [5, 5.41) is 9.97. The largest absolute Gasteiger partial charge is 0.477 e. The van der Waals surface area contributed by atoms with Gasteiger partial charge in [0.1, 0.15) is 4.88 Å². The van der Waals surface area contributed by atoms with Crippen LogP contribution in [-0.2, 0) is 14.8 Å². The first-order chi connectivity index (χ1) is 8.74. The Labute approximate surface area is 114 Å². The van der Waals surface area contributed by atoms with E-state index >= 15 is 0 Å². The summed E-state index contributed by atoms with van der Waals surface area (Å²) in [6.45, 7) is -0.0302. The number of nitrogens with zero attached hydrogens (tertiary/aromatic N) is 1. The van der Waals surface area contributed by atoms with E-state index in [1.165, 1.54) is 10.3 Å². The van der Waals surface area contributed by atoms with Crippen molar-refractivity contribution >= 4 is 33.2 Å². The molecule has 0 aliphatic carbocycles. The Morgan fingerprint density at radius 3 is 2.53 bits per heavy atom. The maximum Gasteiger partial charge on any atom is 0.345 e. The van der Waals surface area contributed by atoms with Crippen LogP contribution < -0.4 is 4.72 Å². The summed E-state index contributed by atoms with van der Waals surface area (Å²) in [6.07, 6.45) is 0.0438. The fourth-order valence-corrected chi connectivity index (χ4v) is 3.31. The van der Waals surface area contributed by atoms with Gasteiger partial charge in [-0.1, -0.05) is 0 Å². The zero-order valence-electron chi connectivity index (χ0n) is 10.4. The van der Waals surface area contributed by atoms with E-state index in [0.717, 1.165) is 17.4 Å². The van der Waals surface area contributed by atoms with E-state index in [-0.39, 0.29) is 28.6 Å². The second-order valence-corrected chi connectivity index (χ2v) is 6.57. The second-order valence-electron chi connectivity index (χ2n) is 3.89. The molecule has 1 amide bonds. The van der Waals surface area contributed by atoms with Crippen molar-refractivity contribution in [1.82, 2.24) is 9.62 Å². The van der Waals surface area contributed by atoms with Crippen LogP contribution in [0, 0.1) is 0 Å². The van der Waals surface area contributed by atoms with Crippen LogP contribution >= 0.6 is 11.3 Å². The van der Waals surface area contributed by atoms with Crippen molar-refractivity contribution in [3.63, 3.8) is 0 Å². The molecule has 0 saturated heterocycles. The summed E-state index contributed by atoms with van der Waals surface area (Å²) < 4.78 is 25.8. The highest BCUT2D eigenvalue weighted by Crippen LogP contribution is 2.18. The minimum absolute atomic E-state index is 0.0302. The number of hydrogen-bond donors (Lipinski definition) is 2. The Bertz CT molecular complexity index is 576. The number of carboxylic acid groups (broad SMARTS) is 1. The Kier molecular flexibility index (Phi) is 5.04. The van der Waals surface area contributed by atoms with Crippen LogP contribution in [0.1, 0.15) is 16.1 Å². The van der Waals surface area contributed by atoms with Crippen molar-refractivity contribution in [3.8, 4) is 0 Å². The molecule has 0 spiro atoms. The summed E-state index contributed by atoms with van der Waals surface area (Å²) in [5.74, 6) is -1.37. The molecular formula is C10H14N2O5S2. The number of aromatic carboxylic acids is 1. The summed E-state index contributed by atoms with van der Waals surface area (Å²) in [4.78, 5) is 23.1. The molecule has 0 aliphatic heterocycles. The first-order valence-corrected chi connectivity index (χ1v) is 7.62. The van der Waals surface area contributed by atoms with E-state index in [1.54, 1.807) is 14.1 Å². The van der Waals surface area contributed by atoms with Gasteiger partial charge in [0.15, 0.2) is 0 Å². The van der Waals surface area contributed by atoms with E-state index in [0.29, 0.717) is 0 Å². The number of sulfonamides is 1. The predicted molar refractivity (Wildman–Crippen MR) is 69.8 cm³/mol. The number of hydrogen-bond acceptors (Lipinski definition) is 5. The monoisotopic (exact) mass is 306 g/mol. The van der Waals surface area contributed by atoms with Crippen molar-refractivity contribution < 1.29 is 23.1 Å². The highest BCUT2D eigenvalue weighted by Gasteiger charge is 2.18. The van der Waals surface area contributed by atoms with Crippen LogP contribution in [0.2, 0.25) is 0 Å². The lowest BCUT2D eigenvalue weighted by atomic mass is 10.4. The maximum absolute atomic E-state index is 11.8. The zero-order chi connectivity index (χ0) is 14.6. The van der Waals surface area contributed by atoms with Gasteiger partial charge in [0.05, 0.1) is 4.90 Å². The minimum atomic E-state index is -3.77. The average Bonchev–Trinajstić information content (AvgIpc) is 2.78. The van der Waals surface area contributed by atoms with Crippen LogP contribution in [0.4, 0.5) is 0 Å². The summed E-state index contributed by atoms with van der Waals surface area (Å²) in [7, 11) is -0.612. The third-order valence-corrected chi connectivity index (χ3v) is 4.73. The van der Waals surface area contributed by atoms with Crippen molar-refractivity contribution in [2.24, 2.45) is 0 Å². The molecular weight excluding hydrogens is 292 g/mol. The number of carbonyl (C=O) groups excluding carboxylic acids is 1. The van der Waals surface area contributed by atoms with Gasteiger partial charge >= 0.3 is 5.97 Å². The van der Waals surface area contributed by atoms with Gasteiger partial charge < -0.3 is 10.0 Å². The lowest BCUT2D eigenvalue weighted by molar-refractivity contribution is -0.128. The summed E-state index contributed by atoms with van der Waals surface area (Å²) in [5.41, 5.74) is 0. The van der Waals surface area contributed by atoms with Crippen LogP contribution in [-0.4, -0.2) is 50.9 Å². The highest BCUT2D eigenvalue weighted by atomic mass is 32.2. The molecule has 7 nitrogen and oxygen atoms in total. The third kappa shape index (κ3) is 4.30. The molecule has 0 atom stereocenters. The molecule has 9 heteroatoms. The molecule has 2 N–H and O–H groups in total. The highest BCUT2D eigenvalue weighted by molar-refractivity contribution is 7.89. The van der Waals surface area contributed by atoms with Gasteiger partial charge in [0.2, 0.25) is 15.9 Å². The average molecular weight is 306 g/mol. The molecule has 0 saturated carbocycles. The maximum atomic E-state index is 11.8. The van der Waals surface area contributed by atoms with E-state index in [4.69, 9.17) is 5.11 Å². The molecule has 0 aliphatic rings. The van der Waals surface area contributed by atoms with Crippen LogP contribution in [0.5, 0.6) is 0 Å². The normalized spacial score (nSPS) is 11.3. The quantitative estimate of drug-likeness (QED) is 0.781. The van der Waals surface area contributed by atoms with Gasteiger partial charge in [0, 0.05) is 32.4 Å². The van der Waals surface area contributed by atoms with Crippen molar-refractivity contribution in [1.29, 1.82) is 0 Å². The van der Waals surface area contributed by atoms with Gasteiger partial charge in [-0.25, -0.2) is 17.9 Å². The van der Waals surface area contributed by atoms with E-state index < -0.39 is 16.0 Å². The Morgan fingerprint density at radius 2 is 2.05 bits per heavy atom. The number of carbonyl (C=O) groups is 2. The van der Waals surface area contributed by atoms with Gasteiger partial charge in [-0.05, 0) is 6.07 Å². The molecule has 0 fully saturated rings. The molecule has 1 heterocycles. The van der Waals surface area contributed by atoms with Crippen molar-refractivity contribution in [2.75, 3.05) is 20.6 Å². The van der Waals surface area contributed by atoms with Gasteiger partial charge in [-0.3, -0.25) is 4.79 Å². The summed E-state index contributed by atoms with van der Waals surface area (Å²) in [6, 6.07) is 1.09. The molecule has 1 aromatic heterocycles. The van der Waals surface area contributed by atoms with Gasteiger partial charge in [0.25, 0.3) is 0 Å². The SMILES string of the molecule is CN(C)C(=O)CCNS(=O)(=O)c1csc(C(=O)O)c1. The first-order valence-electron chi connectivity index (χ1n) is 5.25. The van der Waals surface area contributed by atoms with Crippen LogP contribution in [0.3, 0.4) is 0 Å². The van der Waals surface area contributed by atoms with Crippen LogP contribution in [0.15, 0.2) is 16.3 Å². The minimum Gasteiger partial charge on any atom is -0.477 e. The molecule has 1 aromatic rings. The molecule has 0 radical (unpaired) electrons. The molecule has 0 bridgehead atoms. The fourth-order valence-electron chi connectivity index (χ4n) is 1.17. The lowest BCUT2D eigenvalue weighted by Gasteiger charge is -2.10. The molecule has 0 unspecified atom stereocenters. The Balaban J connectivity index is 2.65. The molecule has 106 valence electrons. The van der Waals surface area contributed by atoms with E-state index in [1.807, 2.05) is 0 Å². The predicted octanol–water partition coefficient (Wildman–Crippen LogP) is 0.203. The van der Waals surface area contributed by atoms with Crippen molar-refractivity contribution in [2.45, 2.75) is 11.3 Å². The van der Waals surface area contributed by atoms with Crippen LogP contribution in [0.25, 0.3) is 0 Å². The van der Waals surface area contributed by atoms with Gasteiger partial charge in [-0.15, -0.1) is 11.3 Å². The number of nitrogens with one attached hydrogen (secondary N) is 1. The third-order valence-electron chi connectivity index (χ3n) is 2.23. The Hall–Kier alpha value is -1.45. The Morgan fingerprint density at radius 1 is 1.42 bits per heavy atom. The lowest BCUT2D eigenvalue weighted by Crippen LogP contribution is -2.30. The molecule has 1 rings (SSSR count). The molecule has 0 aromatic carbocycles. The van der Waals surface area contributed by atoms with E-state index in [2.05, 4.69) is 4.72 Å². The fraction of sp³-hybridized carbons (Fsp3) is 0.400. The summed E-state index contributed by atoms with van der Waals surface area (Å²) >= 11 is 0.835. The second kappa shape index (κ2) is 6.13. The number of thiophene rings is 1. The topological polar surface area (TPSA) is 104 Å². The number of amides is 1. The number of rotatable bonds is 6.